The average molecular weight is 351 g/mol. The molecule has 22 heavy (non-hydrogen) atoms. The number of carbonyl (C=O) groups is 1. The van der Waals surface area contributed by atoms with Gasteiger partial charge in [-0.05, 0) is 25.0 Å². The van der Waals surface area contributed by atoms with Gasteiger partial charge in [0, 0.05) is 6.07 Å². The SMILES string of the molecule is CCCC(NS(=O)(=O)c1cc(C)cc([N+](=O)[O-])c1Cl)C(=O)O. The Morgan fingerprint density at radius 1 is 1.50 bits per heavy atom. The molecule has 122 valence electrons. The molecule has 0 saturated carbocycles. The number of nitro benzene ring substituents is 1. The summed E-state index contributed by atoms with van der Waals surface area (Å²) in [6.07, 6.45) is 0.529. The molecule has 0 spiro atoms. The zero-order valence-electron chi connectivity index (χ0n) is 11.9. The summed E-state index contributed by atoms with van der Waals surface area (Å²) in [6.45, 7) is 3.18. The maximum absolute atomic E-state index is 12.3. The molecule has 0 aromatic heterocycles. The molecule has 1 unspecified atom stereocenters. The zero-order chi connectivity index (χ0) is 17.1. The van der Waals surface area contributed by atoms with Gasteiger partial charge < -0.3 is 5.11 Å². The van der Waals surface area contributed by atoms with E-state index < -0.39 is 42.6 Å². The van der Waals surface area contributed by atoms with E-state index in [1.165, 1.54) is 6.92 Å². The molecule has 0 aliphatic heterocycles. The Balaban J connectivity index is 3.34. The van der Waals surface area contributed by atoms with Gasteiger partial charge in [0.05, 0.1) is 4.92 Å². The Kier molecular flexibility index (Phi) is 5.86. The zero-order valence-corrected chi connectivity index (χ0v) is 13.4. The fourth-order valence-corrected chi connectivity index (χ4v) is 3.70. The van der Waals surface area contributed by atoms with E-state index in [0.717, 1.165) is 12.1 Å². The molecule has 10 heteroatoms. The first-order valence-corrected chi connectivity index (χ1v) is 8.16. The van der Waals surface area contributed by atoms with Gasteiger partial charge in [-0.25, -0.2) is 8.42 Å². The lowest BCUT2D eigenvalue weighted by Crippen LogP contribution is -2.40. The van der Waals surface area contributed by atoms with Gasteiger partial charge in [-0.1, -0.05) is 24.9 Å². The van der Waals surface area contributed by atoms with E-state index in [1.807, 2.05) is 4.72 Å². The largest absolute Gasteiger partial charge is 0.480 e. The molecule has 0 heterocycles. The van der Waals surface area contributed by atoms with Crippen LogP contribution < -0.4 is 4.72 Å². The van der Waals surface area contributed by atoms with Crippen LogP contribution in [0.2, 0.25) is 5.02 Å². The highest BCUT2D eigenvalue weighted by Gasteiger charge is 2.29. The van der Waals surface area contributed by atoms with Gasteiger partial charge in [-0.2, -0.15) is 4.72 Å². The second-order valence-corrected chi connectivity index (χ2v) is 6.71. The van der Waals surface area contributed by atoms with Gasteiger partial charge in [0.1, 0.15) is 16.0 Å². The molecular formula is C12H15ClN2O6S. The number of nitrogens with one attached hydrogen (secondary N) is 1. The maximum atomic E-state index is 12.3. The molecule has 0 bridgehead atoms. The van der Waals surface area contributed by atoms with Crippen molar-refractivity contribution >= 4 is 33.3 Å². The third kappa shape index (κ3) is 4.15. The second kappa shape index (κ2) is 7.03. The minimum absolute atomic E-state index is 0.0834. The minimum Gasteiger partial charge on any atom is -0.480 e. The molecule has 0 aliphatic rings. The second-order valence-electron chi connectivity index (χ2n) is 4.65. The van der Waals surface area contributed by atoms with Crippen molar-refractivity contribution in [1.29, 1.82) is 0 Å². The van der Waals surface area contributed by atoms with Gasteiger partial charge in [0.15, 0.2) is 0 Å². The summed E-state index contributed by atoms with van der Waals surface area (Å²) >= 11 is 5.79. The Bertz CT molecular complexity index is 704. The van der Waals surface area contributed by atoms with Gasteiger partial charge in [0.2, 0.25) is 10.0 Å². The molecule has 2 N–H and O–H groups in total. The van der Waals surface area contributed by atoms with Crippen molar-refractivity contribution in [2.24, 2.45) is 0 Å². The lowest BCUT2D eigenvalue weighted by molar-refractivity contribution is -0.385. The molecule has 8 nitrogen and oxygen atoms in total. The van der Waals surface area contributed by atoms with Crippen molar-refractivity contribution in [3.63, 3.8) is 0 Å². The lowest BCUT2D eigenvalue weighted by atomic mass is 10.2. The number of hydrogen-bond acceptors (Lipinski definition) is 5. The lowest BCUT2D eigenvalue weighted by Gasteiger charge is -2.15. The molecular weight excluding hydrogens is 336 g/mol. The van der Waals surface area contributed by atoms with Crippen LogP contribution in [0.5, 0.6) is 0 Å². The molecule has 0 radical (unpaired) electrons. The fraction of sp³-hybridized carbons (Fsp3) is 0.417. The van der Waals surface area contributed by atoms with E-state index in [2.05, 4.69) is 0 Å². The monoisotopic (exact) mass is 350 g/mol. The van der Waals surface area contributed by atoms with Crippen LogP contribution in [-0.2, 0) is 14.8 Å². The van der Waals surface area contributed by atoms with Crippen LogP contribution in [0.1, 0.15) is 25.3 Å². The third-order valence-electron chi connectivity index (χ3n) is 2.82. The number of carboxylic acid groups (broad SMARTS) is 1. The first-order valence-electron chi connectivity index (χ1n) is 6.29. The van der Waals surface area contributed by atoms with Gasteiger partial charge in [-0.3, -0.25) is 14.9 Å². The van der Waals surface area contributed by atoms with Crippen LogP contribution in [0.25, 0.3) is 0 Å². The Morgan fingerprint density at radius 2 is 2.09 bits per heavy atom. The fourth-order valence-electron chi connectivity index (χ4n) is 1.82. The number of aryl methyl sites for hydroxylation is 1. The number of nitro groups is 1. The minimum atomic E-state index is -4.30. The van der Waals surface area contributed by atoms with Crippen molar-refractivity contribution in [3.8, 4) is 0 Å². The molecule has 1 rings (SSSR count). The van der Waals surface area contributed by atoms with E-state index in [9.17, 15) is 23.3 Å². The van der Waals surface area contributed by atoms with Crippen LogP contribution in [0.4, 0.5) is 5.69 Å². The van der Waals surface area contributed by atoms with Gasteiger partial charge >= 0.3 is 5.97 Å². The van der Waals surface area contributed by atoms with E-state index in [1.54, 1.807) is 6.92 Å². The normalized spacial score (nSPS) is 12.9. The Labute approximate surface area is 132 Å². The van der Waals surface area contributed by atoms with E-state index in [0.29, 0.717) is 12.0 Å². The number of aliphatic carboxylic acids is 1. The molecule has 0 aliphatic carbocycles. The number of rotatable bonds is 7. The molecule has 0 fully saturated rings. The van der Waals surface area contributed by atoms with Crippen molar-refractivity contribution in [2.45, 2.75) is 37.6 Å². The van der Waals surface area contributed by atoms with Crippen LogP contribution in [-0.4, -0.2) is 30.5 Å². The highest BCUT2D eigenvalue weighted by molar-refractivity contribution is 7.89. The van der Waals surface area contributed by atoms with Crippen molar-refractivity contribution < 1.29 is 23.2 Å². The topological polar surface area (TPSA) is 127 Å². The number of nitrogens with zero attached hydrogens (tertiary/aromatic N) is 1. The molecule has 1 aromatic carbocycles. The Morgan fingerprint density at radius 3 is 2.55 bits per heavy atom. The van der Waals surface area contributed by atoms with Gasteiger partial charge in [0.25, 0.3) is 5.69 Å². The number of hydrogen-bond donors (Lipinski definition) is 2. The highest BCUT2D eigenvalue weighted by Crippen LogP contribution is 2.32. The Hall–Kier alpha value is -1.71. The van der Waals surface area contributed by atoms with Crippen LogP contribution in [0.15, 0.2) is 17.0 Å². The number of carboxylic acids is 1. The summed E-state index contributed by atoms with van der Waals surface area (Å²) in [4.78, 5) is 20.6. The molecule has 1 aromatic rings. The highest BCUT2D eigenvalue weighted by atomic mass is 35.5. The van der Waals surface area contributed by atoms with Gasteiger partial charge in [-0.15, -0.1) is 0 Å². The summed E-state index contributed by atoms with van der Waals surface area (Å²) in [5.41, 5.74) is -0.233. The third-order valence-corrected chi connectivity index (χ3v) is 4.83. The van der Waals surface area contributed by atoms with E-state index in [4.69, 9.17) is 16.7 Å². The summed E-state index contributed by atoms with van der Waals surface area (Å²) in [6, 6.07) is 0.968. The first-order chi connectivity index (χ1) is 10.1. The predicted octanol–water partition coefficient (Wildman–Crippen LogP) is 2.09. The smallest absolute Gasteiger partial charge is 0.321 e. The maximum Gasteiger partial charge on any atom is 0.321 e. The average Bonchev–Trinajstić information content (AvgIpc) is 2.39. The quantitative estimate of drug-likeness (QED) is 0.572. The first kappa shape index (κ1) is 18.3. The molecule has 1 atom stereocenters. The summed E-state index contributed by atoms with van der Waals surface area (Å²) < 4.78 is 26.6. The standard InChI is InChI=1S/C12H15ClN2O6S/c1-3-4-8(12(16)17)14-22(20,21)10-6-7(2)5-9(11(10)13)15(18)19/h5-6,8,14H,3-4H2,1-2H3,(H,16,17). The van der Waals surface area contributed by atoms with E-state index in [-0.39, 0.29) is 6.42 Å². The summed E-state index contributed by atoms with van der Waals surface area (Å²) in [7, 11) is -4.30. The van der Waals surface area contributed by atoms with Crippen molar-refractivity contribution in [3.05, 3.63) is 32.8 Å². The summed E-state index contributed by atoms with van der Waals surface area (Å²) in [5.74, 6) is -1.33. The number of halogens is 1. The van der Waals surface area contributed by atoms with Crippen LogP contribution >= 0.6 is 11.6 Å². The number of benzene rings is 1. The molecule has 0 amide bonds. The van der Waals surface area contributed by atoms with Crippen LogP contribution in [0, 0.1) is 17.0 Å². The summed E-state index contributed by atoms with van der Waals surface area (Å²) in [5, 5.41) is 19.4. The van der Waals surface area contributed by atoms with Crippen molar-refractivity contribution in [1.82, 2.24) is 4.72 Å². The molecule has 0 saturated heterocycles. The van der Waals surface area contributed by atoms with Crippen molar-refractivity contribution in [2.75, 3.05) is 0 Å². The number of sulfonamides is 1. The predicted molar refractivity (Wildman–Crippen MR) is 79.5 cm³/mol. The van der Waals surface area contributed by atoms with E-state index >= 15 is 0 Å². The van der Waals surface area contributed by atoms with Crippen LogP contribution in [0.3, 0.4) is 0 Å².